The van der Waals surface area contributed by atoms with E-state index in [4.69, 9.17) is 0 Å². The van der Waals surface area contributed by atoms with E-state index in [0.29, 0.717) is 0 Å². The van der Waals surface area contributed by atoms with Crippen LogP contribution in [-0.4, -0.2) is 9.91 Å². The zero-order valence-corrected chi connectivity index (χ0v) is 8.04. The van der Waals surface area contributed by atoms with Crippen LogP contribution in [-0.2, 0) is 6.42 Å². The molecule has 0 radical (unpaired) electrons. The van der Waals surface area contributed by atoms with Crippen molar-refractivity contribution in [2.45, 2.75) is 13.3 Å². The number of nitro groups is 1. The largest absolute Gasteiger partial charge is 0.363 e. The van der Waals surface area contributed by atoms with Crippen LogP contribution in [0.2, 0.25) is 0 Å². The van der Waals surface area contributed by atoms with E-state index in [1.54, 1.807) is 0 Å². The average Bonchev–Trinajstić information content (AvgIpc) is 2.05. The summed E-state index contributed by atoms with van der Waals surface area (Å²) in [5, 5.41) is 10.3. The van der Waals surface area contributed by atoms with E-state index in [-0.39, 0.29) is 5.82 Å². The molecule has 0 bridgehead atoms. The molecule has 1 rings (SSSR count). The van der Waals surface area contributed by atoms with Crippen LogP contribution in [0, 0.1) is 10.1 Å². The molecule has 4 nitrogen and oxygen atoms in total. The highest BCUT2D eigenvalue weighted by Crippen LogP contribution is 2.19. The number of hydrogen-bond donors (Lipinski definition) is 0. The number of aromatic nitrogens is 1. The second kappa shape index (κ2) is 3.62. The predicted molar refractivity (Wildman–Crippen MR) is 48.0 cm³/mol. The first kappa shape index (κ1) is 9.12. The lowest BCUT2D eigenvalue weighted by Gasteiger charge is -1.97. The van der Waals surface area contributed by atoms with Crippen molar-refractivity contribution in [3.63, 3.8) is 0 Å². The zero-order valence-electron chi connectivity index (χ0n) is 6.45. The Balaban J connectivity index is 3.13. The van der Waals surface area contributed by atoms with Crippen molar-refractivity contribution in [1.29, 1.82) is 0 Å². The molecule has 0 atom stereocenters. The van der Waals surface area contributed by atoms with Crippen LogP contribution in [0.15, 0.2) is 16.7 Å². The van der Waals surface area contributed by atoms with Crippen molar-refractivity contribution in [3.8, 4) is 0 Å². The quantitative estimate of drug-likeness (QED) is 0.579. The number of aryl methyl sites for hydroxylation is 1. The van der Waals surface area contributed by atoms with Gasteiger partial charge >= 0.3 is 5.82 Å². The second-order valence-electron chi connectivity index (χ2n) is 2.24. The molecule has 0 N–H and O–H groups in total. The molecule has 1 heterocycles. The smallest absolute Gasteiger partial charge is 0.358 e. The minimum Gasteiger partial charge on any atom is -0.358 e. The first-order chi connectivity index (χ1) is 5.65. The van der Waals surface area contributed by atoms with Crippen LogP contribution >= 0.6 is 15.9 Å². The molecule has 0 saturated carbocycles. The summed E-state index contributed by atoms with van der Waals surface area (Å²) in [5.41, 5.74) is 0.900. The van der Waals surface area contributed by atoms with Gasteiger partial charge in [0.05, 0.1) is 4.47 Å². The Bertz CT molecular complexity index is 314. The van der Waals surface area contributed by atoms with Gasteiger partial charge in [0.15, 0.2) is 6.20 Å². The van der Waals surface area contributed by atoms with Crippen molar-refractivity contribution >= 4 is 21.7 Å². The van der Waals surface area contributed by atoms with Gasteiger partial charge in [-0.25, -0.2) is 0 Å². The number of pyridine rings is 1. The van der Waals surface area contributed by atoms with Crippen molar-refractivity contribution in [2.24, 2.45) is 0 Å². The highest BCUT2D eigenvalue weighted by atomic mass is 79.9. The van der Waals surface area contributed by atoms with Crippen molar-refractivity contribution in [1.82, 2.24) is 4.98 Å². The Morgan fingerprint density at radius 2 is 2.42 bits per heavy atom. The topological polar surface area (TPSA) is 56.0 Å². The molecule has 0 spiro atoms. The van der Waals surface area contributed by atoms with Crippen molar-refractivity contribution in [2.75, 3.05) is 0 Å². The molecule has 12 heavy (non-hydrogen) atoms. The summed E-state index contributed by atoms with van der Waals surface area (Å²) in [5.74, 6) is -0.102. The van der Waals surface area contributed by atoms with E-state index in [9.17, 15) is 10.1 Å². The third-order valence-electron chi connectivity index (χ3n) is 1.49. The number of rotatable bonds is 2. The van der Waals surface area contributed by atoms with E-state index in [2.05, 4.69) is 20.9 Å². The van der Waals surface area contributed by atoms with Crippen LogP contribution in [0.1, 0.15) is 12.5 Å². The Labute approximate surface area is 77.9 Å². The molecule has 0 fully saturated rings. The number of nitrogens with zero attached hydrogens (tertiary/aromatic N) is 2. The minimum atomic E-state index is -0.494. The Morgan fingerprint density at radius 1 is 1.75 bits per heavy atom. The van der Waals surface area contributed by atoms with Gasteiger partial charge in [0.25, 0.3) is 0 Å². The molecule has 0 aliphatic rings. The van der Waals surface area contributed by atoms with Gasteiger partial charge in [0.1, 0.15) is 0 Å². The summed E-state index contributed by atoms with van der Waals surface area (Å²) >= 11 is 3.25. The second-order valence-corrected chi connectivity index (χ2v) is 3.10. The van der Waals surface area contributed by atoms with E-state index >= 15 is 0 Å². The zero-order chi connectivity index (χ0) is 9.14. The van der Waals surface area contributed by atoms with Crippen molar-refractivity contribution < 1.29 is 4.92 Å². The lowest BCUT2D eigenvalue weighted by Crippen LogP contribution is -1.94. The molecular formula is C7H7BrN2O2. The van der Waals surface area contributed by atoms with Gasteiger partial charge in [0, 0.05) is 6.07 Å². The summed E-state index contributed by atoms with van der Waals surface area (Å²) in [6.45, 7) is 1.93. The highest BCUT2D eigenvalue weighted by molar-refractivity contribution is 9.10. The van der Waals surface area contributed by atoms with E-state index < -0.39 is 4.92 Å². The third kappa shape index (κ3) is 1.79. The number of hydrogen-bond acceptors (Lipinski definition) is 3. The molecule has 0 saturated heterocycles. The van der Waals surface area contributed by atoms with Gasteiger partial charge in [-0.1, -0.05) is 6.92 Å². The molecule has 64 valence electrons. The van der Waals surface area contributed by atoms with Gasteiger partial charge in [-0.3, -0.25) is 0 Å². The molecule has 0 amide bonds. The Morgan fingerprint density at radius 3 is 2.92 bits per heavy atom. The fraction of sp³-hybridized carbons (Fsp3) is 0.286. The maximum absolute atomic E-state index is 10.3. The van der Waals surface area contributed by atoms with Crippen LogP contribution in [0.3, 0.4) is 0 Å². The Hall–Kier alpha value is -0.970. The predicted octanol–water partition coefficient (Wildman–Crippen LogP) is 2.31. The van der Waals surface area contributed by atoms with Crippen LogP contribution in [0.4, 0.5) is 5.82 Å². The molecule has 1 aromatic heterocycles. The fourth-order valence-electron chi connectivity index (χ4n) is 0.839. The average molecular weight is 231 g/mol. The molecule has 1 aromatic rings. The SMILES string of the molecule is CCc1cc([N+](=O)[O-])ncc1Br. The van der Waals surface area contributed by atoms with Crippen LogP contribution in [0.5, 0.6) is 0 Å². The van der Waals surface area contributed by atoms with E-state index in [1.165, 1.54) is 12.3 Å². The summed E-state index contributed by atoms with van der Waals surface area (Å²) in [6.07, 6.45) is 2.21. The molecular weight excluding hydrogens is 224 g/mol. The number of halogens is 1. The van der Waals surface area contributed by atoms with E-state index in [1.807, 2.05) is 6.92 Å². The summed E-state index contributed by atoms with van der Waals surface area (Å²) < 4.78 is 0.815. The van der Waals surface area contributed by atoms with Crippen molar-refractivity contribution in [3.05, 3.63) is 32.4 Å². The van der Waals surface area contributed by atoms with Crippen LogP contribution < -0.4 is 0 Å². The molecule has 0 aromatic carbocycles. The maximum atomic E-state index is 10.3. The minimum absolute atomic E-state index is 0.102. The normalized spacial score (nSPS) is 9.83. The van der Waals surface area contributed by atoms with Gasteiger partial charge in [-0.05, 0) is 37.8 Å². The van der Waals surface area contributed by atoms with Gasteiger partial charge in [-0.2, -0.15) is 0 Å². The van der Waals surface area contributed by atoms with Crippen LogP contribution in [0.25, 0.3) is 0 Å². The van der Waals surface area contributed by atoms with Gasteiger partial charge in [-0.15, -0.1) is 0 Å². The molecule has 0 aliphatic heterocycles. The maximum Gasteiger partial charge on any atom is 0.363 e. The molecule has 0 unspecified atom stereocenters. The highest BCUT2D eigenvalue weighted by Gasteiger charge is 2.09. The lowest BCUT2D eigenvalue weighted by atomic mass is 10.2. The van der Waals surface area contributed by atoms with Gasteiger partial charge < -0.3 is 10.1 Å². The van der Waals surface area contributed by atoms with Gasteiger partial charge in [0.2, 0.25) is 0 Å². The lowest BCUT2D eigenvalue weighted by molar-refractivity contribution is -0.389. The summed E-state index contributed by atoms with van der Waals surface area (Å²) in [7, 11) is 0. The first-order valence-electron chi connectivity index (χ1n) is 3.44. The van der Waals surface area contributed by atoms with E-state index in [0.717, 1.165) is 16.5 Å². The summed E-state index contributed by atoms with van der Waals surface area (Å²) in [6, 6.07) is 1.48. The molecule has 5 heteroatoms. The third-order valence-corrected chi connectivity index (χ3v) is 2.20. The monoisotopic (exact) mass is 230 g/mol. The standard InChI is InChI=1S/C7H7BrN2O2/c1-2-5-3-7(10(11)12)9-4-6(5)8/h3-4H,2H2,1H3. The Kier molecular flexibility index (Phi) is 2.75. The fourth-order valence-corrected chi connectivity index (χ4v) is 1.34. The summed E-state index contributed by atoms with van der Waals surface area (Å²) in [4.78, 5) is 13.5. The molecule has 0 aliphatic carbocycles. The first-order valence-corrected chi connectivity index (χ1v) is 4.23.